The summed E-state index contributed by atoms with van der Waals surface area (Å²) in [6.45, 7) is 6.88. The average molecular weight is 484 g/mol. The van der Waals surface area contributed by atoms with Crippen molar-refractivity contribution >= 4 is 11.8 Å². The Hall–Kier alpha value is -2.95. The predicted octanol–water partition coefficient (Wildman–Crippen LogP) is 3.43. The smallest absolute Gasteiger partial charge is 0.357 e. The molecule has 0 fully saturated rings. The fraction of sp³-hybridized carbons (Fsp3) is 0.522. The zero-order chi connectivity index (χ0) is 25.4. The lowest BCUT2D eigenvalue weighted by Gasteiger charge is -2.29. The van der Waals surface area contributed by atoms with Crippen LogP contribution in [0.2, 0.25) is 0 Å². The van der Waals surface area contributed by atoms with Crippen LogP contribution in [-0.4, -0.2) is 52.9 Å². The van der Waals surface area contributed by atoms with Crippen molar-refractivity contribution in [3.63, 3.8) is 0 Å². The molecule has 0 radical (unpaired) electrons. The van der Waals surface area contributed by atoms with Crippen LogP contribution < -0.4 is 10.6 Å². The molecule has 0 bridgehead atoms. The Labute approximate surface area is 195 Å². The Morgan fingerprint density at radius 1 is 1.15 bits per heavy atom. The number of hydrogen-bond acceptors (Lipinski definition) is 4. The Kier molecular flexibility index (Phi) is 7.07. The van der Waals surface area contributed by atoms with E-state index in [1.165, 1.54) is 13.1 Å². The lowest BCUT2D eigenvalue weighted by molar-refractivity contribution is -0.140. The molecule has 1 aliphatic rings. The van der Waals surface area contributed by atoms with Gasteiger partial charge in [0.15, 0.2) is 5.69 Å². The van der Waals surface area contributed by atoms with Gasteiger partial charge in [0.2, 0.25) is 5.91 Å². The number of benzene rings is 1. The normalized spacial score (nSPS) is 15.9. The number of imidazole rings is 1. The quantitative estimate of drug-likeness (QED) is 0.654. The minimum absolute atomic E-state index is 0.0276. The first kappa shape index (κ1) is 25.7. The maximum atomic E-state index is 13.9. The molecule has 3 rings (SSSR count). The minimum Gasteiger partial charge on any atom is -0.357 e. The van der Waals surface area contributed by atoms with E-state index >= 15 is 0 Å². The van der Waals surface area contributed by atoms with Crippen LogP contribution in [0.15, 0.2) is 18.2 Å². The number of hydrogen-bond donors (Lipinski definition) is 2. The first-order chi connectivity index (χ1) is 15.7. The number of nitrogens with zero attached hydrogens (tertiary/aromatic N) is 3. The summed E-state index contributed by atoms with van der Waals surface area (Å²) in [6, 6.07) is 1.82. The second kappa shape index (κ2) is 9.36. The van der Waals surface area contributed by atoms with Gasteiger partial charge >= 0.3 is 6.18 Å². The van der Waals surface area contributed by atoms with Gasteiger partial charge in [-0.1, -0.05) is 20.8 Å². The molecule has 0 saturated heterocycles. The Bertz CT molecular complexity index is 1090. The van der Waals surface area contributed by atoms with Gasteiger partial charge in [-0.2, -0.15) is 13.2 Å². The van der Waals surface area contributed by atoms with E-state index in [0.717, 1.165) is 6.07 Å². The van der Waals surface area contributed by atoms with Gasteiger partial charge in [-0.3, -0.25) is 9.59 Å². The van der Waals surface area contributed by atoms with Crippen molar-refractivity contribution in [3.8, 4) is 11.4 Å². The van der Waals surface area contributed by atoms with Crippen molar-refractivity contribution in [2.75, 3.05) is 20.6 Å². The van der Waals surface area contributed by atoms with Crippen LogP contribution in [0.4, 0.5) is 17.6 Å². The molecule has 1 aromatic heterocycles. The highest BCUT2D eigenvalue weighted by atomic mass is 19.4. The van der Waals surface area contributed by atoms with E-state index in [2.05, 4.69) is 15.6 Å². The molecule has 1 aliphatic heterocycles. The fourth-order valence-corrected chi connectivity index (χ4v) is 4.02. The molecule has 1 aromatic carbocycles. The van der Waals surface area contributed by atoms with Crippen molar-refractivity contribution < 1.29 is 27.2 Å². The second-order valence-corrected chi connectivity index (χ2v) is 9.55. The van der Waals surface area contributed by atoms with Crippen LogP contribution in [-0.2, 0) is 24.1 Å². The van der Waals surface area contributed by atoms with Gasteiger partial charge in [0, 0.05) is 25.7 Å². The highest BCUT2D eigenvalue weighted by Gasteiger charge is 2.36. The lowest BCUT2D eigenvalue weighted by atomic mass is 9.86. The molecule has 11 heteroatoms. The van der Waals surface area contributed by atoms with E-state index in [1.54, 1.807) is 25.3 Å². The number of amides is 2. The molecule has 2 N–H and O–H groups in total. The van der Waals surface area contributed by atoms with E-state index in [4.69, 9.17) is 0 Å². The number of halogens is 4. The number of likely N-dealkylation sites (N-methyl/N-ethyl adjacent to an activating group) is 1. The number of alkyl halides is 3. The lowest BCUT2D eigenvalue weighted by Crippen LogP contribution is -2.53. The predicted molar refractivity (Wildman–Crippen MR) is 118 cm³/mol. The summed E-state index contributed by atoms with van der Waals surface area (Å²) in [4.78, 5) is 32.1. The zero-order valence-electron chi connectivity index (χ0n) is 19.8. The molecule has 2 heterocycles. The maximum Gasteiger partial charge on any atom is 0.419 e. The topological polar surface area (TPSA) is 79.3 Å². The van der Waals surface area contributed by atoms with Crippen molar-refractivity contribution in [3.05, 3.63) is 41.0 Å². The van der Waals surface area contributed by atoms with Crippen LogP contribution in [0.3, 0.4) is 0 Å². The first-order valence-corrected chi connectivity index (χ1v) is 10.9. The molecule has 34 heavy (non-hydrogen) atoms. The third-order valence-electron chi connectivity index (χ3n) is 5.81. The average Bonchev–Trinajstić information content (AvgIpc) is 2.96. The summed E-state index contributed by atoms with van der Waals surface area (Å²) >= 11 is 0. The molecule has 1 unspecified atom stereocenters. The summed E-state index contributed by atoms with van der Waals surface area (Å²) in [5.74, 6) is -2.22. The van der Waals surface area contributed by atoms with Gasteiger partial charge in [0.1, 0.15) is 17.7 Å². The van der Waals surface area contributed by atoms with Crippen molar-refractivity contribution in [2.45, 2.75) is 52.5 Å². The molecular weight excluding hydrogens is 454 g/mol. The van der Waals surface area contributed by atoms with Gasteiger partial charge in [-0.05, 0) is 43.6 Å². The number of nitrogens with one attached hydrogen (secondary N) is 2. The van der Waals surface area contributed by atoms with Gasteiger partial charge in [-0.25, -0.2) is 9.37 Å². The van der Waals surface area contributed by atoms with Crippen LogP contribution >= 0.6 is 0 Å². The minimum atomic E-state index is -4.87. The number of carbonyl (C=O) groups excluding carboxylic acids is 2. The van der Waals surface area contributed by atoms with E-state index < -0.39 is 34.9 Å². The molecule has 0 spiro atoms. The van der Waals surface area contributed by atoms with Crippen LogP contribution in [0.25, 0.3) is 11.4 Å². The second-order valence-electron chi connectivity index (χ2n) is 9.55. The summed E-state index contributed by atoms with van der Waals surface area (Å²) in [7, 11) is 3.34. The van der Waals surface area contributed by atoms with E-state index in [-0.39, 0.29) is 23.0 Å². The van der Waals surface area contributed by atoms with E-state index in [9.17, 15) is 27.2 Å². The highest BCUT2D eigenvalue weighted by molar-refractivity contribution is 5.97. The van der Waals surface area contributed by atoms with Crippen molar-refractivity contribution in [1.82, 2.24) is 25.1 Å². The Morgan fingerprint density at radius 3 is 2.41 bits per heavy atom. The molecule has 2 amide bonds. The summed E-state index contributed by atoms with van der Waals surface area (Å²) in [6.07, 6.45) is -4.19. The number of aromatic nitrogens is 2. The number of rotatable bonds is 4. The maximum absolute atomic E-state index is 13.9. The van der Waals surface area contributed by atoms with E-state index in [1.807, 2.05) is 11.9 Å². The van der Waals surface area contributed by atoms with E-state index in [0.29, 0.717) is 37.8 Å². The van der Waals surface area contributed by atoms with Crippen LogP contribution in [0.1, 0.15) is 48.9 Å². The third kappa shape index (κ3) is 5.24. The molecule has 0 aliphatic carbocycles. The number of fused-ring (bicyclic) bond motifs is 1. The first-order valence-electron chi connectivity index (χ1n) is 10.9. The SMILES string of the molecule is CNC(=O)C(NC(=O)c1nc(-c2ccc(F)c(C(F)(F)F)c2)n2c1CN(C)CCC2)C(C)(C)C. The summed E-state index contributed by atoms with van der Waals surface area (Å²) in [5.41, 5.74) is -1.40. The monoisotopic (exact) mass is 483 g/mol. The molecule has 7 nitrogen and oxygen atoms in total. The number of carbonyl (C=O) groups is 2. The molecule has 1 atom stereocenters. The van der Waals surface area contributed by atoms with Gasteiger partial charge in [0.05, 0.1) is 11.3 Å². The standard InChI is InChI=1S/C23H29F4N5O2/c1-22(2,3)18(21(34)28-4)30-20(33)17-16-12-31(5)9-6-10-32(16)19(29-17)13-7-8-15(24)14(11-13)23(25,26)27/h7-8,11,18H,6,9-10,12H2,1-5H3,(H,28,34)(H,30,33). The van der Waals surface area contributed by atoms with Crippen molar-refractivity contribution in [2.24, 2.45) is 5.41 Å². The summed E-state index contributed by atoms with van der Waals surface area (Å²) < 4.78 is 55.5. The summed E-state index contributed by atoms with van der Waals surface area (Å²) in [5, 5.41) is 5.27. The fourth-order valence-electron chi connectivity index (χ4n) is 4.02. The van der Waals surface area contributed by atoms with Crippen LogP contribution in [0.5, 0.6) is 0 Å². The highest BCUT2D eigenvalue weighted by Crippen LogP contribution is 2.35. The largest absolute Gasteiger partial charge is 0.419 e. The Morgan fingerprint density at radius 2 is 1.82 bits per heavy atom. The molecule has 186 valence electrons. The molecular formula is C23H29F4N5O2. The van der Waals surface area contributed by atoms with Crippen LogP contribution in [0, 0.1) is 11.2 Å². The van der Waals surface area contributed by atoms with Gasteiger partial charge in [-0.15, -0.1) is 0 Å². The molecule has 2 aromatic rings. The van der Waals surface area contributed by atoms with Gasteiger partial charge in [0.25, 0.3) is 5.91 Å². The van der Waals surface area contributed by atoms with Crippen molar-refractivity contribution in [1.29, 1.82) is 0 Å². The molecule has 0 saturated carbocycles. The van der Waals surface area contributed by atoms with Gasteiger partial charge < -0.3 is 20.1 Å². The Balaban J connectivity index is 2.12. The zero-order valence-corrected chi connectivity index (χ0v) is 19.8. The third-order valence-corrected chi connectivity index (χ3v) is 5.81.